The van der Waals surface area contributed by atoms with Crippen molar-refractivity contribution in [2.24, 2.45) is 17.6 Å². The van der Waals surface area contributed by atoms with Crippen LogP contribution in [0.5, 0.6) is 0 Å². The molecule has 1 amide bonds. The smallest absolute Gasteiger partial charge is 0.220 e. The summed E-state index contributed by atoms with van der Waals surface area (Å²) in [4.78, 5) is 14.4. The summed E-state index contributed by atoms with van der Waals surface area (Å²) in [6, 6.07) is 0.476. The normalized spacial score (nSPS) is 19.6. The third kappa shape index (κ3) is 5.49. The molecule has 19 heavy (non-hydrogen) atoms. The van der Waals surface area contributed by atoms with Crippen molar-refractivity contribution < 1.29 is 4.79 Å². The molecule has 3 N–H and O–H groups in total. The van der Waals surface area contributed by atoms with Crippen molar-refractivity contribution in [2.45, 2.75) is 52.5 Å². The van der Waals surface area contributed by atoms with Gasteiger partial charge < -0.3 is 11.1 Å². The van der Waals surface area contributed by atoms with Crippen LogP contribution in [0.4, 0.5) is 0 Å². The summed E-state index contributed by atoms with van der Waals surface area (Å²) in [6.45, 7) is 10.3. The molecule has 0 aliphatic carbocycles. The second-order valence-corrected chi connectivity index (χ2v) is 6.07. The van der Waals surface area contributed by atoms with Gasteiger partial charge in [-0.1, -0.05) is 27.2 Å². The average molecular weight is 269 g/mol. The van der Waals surface area contributed by atoms with Crippen LogP contribution in [-0.2, 0) is 4.79 Å². The first kappa shape index (κ1) is 16.4. The molecule has 112 valence electrons. The van der Waals surface area contributed by atoms with Gasteiger partial charge in [-0.3, -0.25) is 9.69 Å². The van der Waals surface area contributed by atoms with Gasteiger partial charge in [-0.2, -0.15) is 0 Å². The van der Waals surface area contributed by atoms with Gasteiger partial charge in [0, 0.05) is 19.0 Å². The number of carbonyl (C=O) groups is 1. The van der Waals surface area contributed by atoms with Crippen LogP contribution in [0, 0.1) is 11.8 Å². The summed E-state index contributed by atoms with van der Waals surface area (Å²) in [5.74, 6) is 1.06. The Hall–Kier alpha value is -0.610. The van der Waals surface area contributed by atoms with Crippen molar-refractivity contribution in [1.29, 1.82) is 0 Å². The van der Waals surface area contributed by atoms with Gasteiger partial charge in [-0.25, -0.2) is 0 Å². The maximum atomic E-state index is 11.9. The number of hydrogen-bond donors (Lipinski definition) is 2. The van der Waals surface area contributed by atoms with Crippen LogP contribution < -0.4 is 11.1 Å². The number of nitrogens with one attached hydrogen (secondary N) is 1. The molecule has 4 nitrogen and oxygen atoms in total. The van der Waals surface area contributed by atoms with Crippen molar-refractivity contribution in [3.63, 3.8) is 0 Å². The topological polar surface area (TPSA) is 58.4 Å². The molecule has 0 radical (unpaired) electrons. The third-order valence-electron chi connectivity index (χ3n) is 4.27. The van der Waals surface area contributed by atoms with Crippen LogP contribution >= 0.6 is 0 Å². The Labute approximate surface area is 118 Å². The standard InChI is InChI=1S/C15H31N3O/c1-4-13(10-16)9-15(19)17-11-14(12(2)3)18-7-5-6-8-18/h12-14H,4-11,16H2,1-3H3,(H,17,19). The highest BCUT2D eigenvalue weighted by Gasteiger charge is 2.25. The van der Waals surface area contributed by atoms with Crippen LogP contribution in [0.2, 0.25) is 0 Å². The van der Waals surface area contributed by atoms with E-state index in [0.29, 0.717) is 30.8 Å². The first-order valence-corrected chi connectivity index (χ1v) is 7.79. The number of rotatable bonds is 8. The third-order valence-corrected chi connectivity index (χ3v) is 4.27. The van der Waals surface area contributed by atoms with E-state index in [-0.39, 0.29) is 5.91 Å². The Bertz CT molecular complexity index is 258. The van der Waals surface area contributed by atoms with Gasteiger partial charge >= 0.3 is 0 Å². The zero-order valence-electron chi connectivity index (χ0n) is 12.8. The molecular weight excluding hydrogens is 238 g/mol. The fourth-order valence-electron chi connectivity index (χ4n) is 2.81. The van der Waals surface area contributed by atoms with E-state index in [2.05, 4.69) is 31.0 Å². The highest BCUT2D eigenvalue weighted by molar-refractivity contribution is 5.76. The molecule has 4 heteroatoms. The average Bonchev–Trinajstić information content (AvgIpc) is 2.89. The lowest BCUT2D eigenvalue weighted by molar-refractivity contribution is -0.122. The maximum absolute atomic E-state index is 11.9. The van der Waals surface area contributed by atoms with E-state index < -0.39 is 0 Å². The van der Waals surface area contributed by atoms with E-state index in [4.69, 9.17) is 5.73 Å². The molecule has 1 saturated heterocycles. The molecule has 0 bridgehead atoms. The highest BCUT2D eigenvalue weighted by atomic mass is 16.1. The second kappa shape index (κ2) is 8.54. The highest BCUT2D eigenvalue weighted by Crippen LogP contribution is 2.17. The van der Waals surface area contributed by atoms with Crippen LogP contribution in [-0.4, -0.2) is 43.0 Å². The SMILES string of the molecule is CCC(CN)CC(=O)NCC(C(C)C)N1CCCC1. The van der Waals surface area contributed by atoms with Gasteiger partial charge in [-0.15, -0.1) is 0 Å². The van der Waals surface area contributed by atoms with E-state index in [0.717, 1.165) is 13.0 Å². The quantitative estimate of drug-likeness (QED) is 0.703. The summed E-state index contributed by atoms with van der Waals surface area (Å²) in [7, 11) is 0. The molecule has 1 fully saturated rings. The predicted octanol–water partition coefficient (Wildman–Crippen LogP) is 1.60. The van der Waals surface area contributed by atoms with Gasteiger partial charge in [-0.05, 0) is 44.3 Å². The van der Waals surface area contributed by atoms with E-state index in [1.54, 1.807) is 0 Å². The van der Waals surface area contributed by atoms with Crippen molar-refractivity contribution >= 4 is 5.91 Å². The molecule has 0 spiro atoms. The minimum Gasteiger partial charge on any atom is -0.355 e. The first-order valence-electron chi connectivity index (χ1n) is 7.79. The molecule has 0 aromatic heterocycles. The van der Waals surface area contributed by atoms with Gasteiger partial charge in [0.25, 0.3) is 0 Å². The summed E-state index contributed by atoms with van der Waals surface area (Å²) in [5, 5.41) is 3.10. The Balaban J connectivity index is 2.36. The van der Waals surface area contributed by atoms with E-state index >= 15 is 0 Å². The zero-order valence-corrected chi connectivity index (χ0v) is 12.8. The predicted molar refractivity (Wildman–Crippen MR) is 79.9 cm³/mol. The lowest BCUT2D eigenvalue weighted by atomic mass is 10.0. The minimum absolute atomic E-state index is 0.155. The van der Waals surface area contributed by atoms with Gasteiger partial charge in [0.1, 0.15) is 0 Å². The molecule has 0 saturated carbocycles. The fourth-order valence-corrected chi connectivity index (χ4v) is 2.81. The van der Waals surface area contributed by atoms with Crippen LogP contribution in [0.15, 0.2) is 0 Å². The van der Waals surface area contributed by atoms with Crippen molar-refractivity contribution in [3.8, 4) is 0 Å². The lowest BCUT2D eigenvalue weighted by Crippen LogP contribution is -2.46. The molecule has 1 heterocycles. The number of likely N-dealkylation sites (tertiary alicyclic amines) is 1. The maximum Gasteiger partial charge on any atom is 0.220 e. The number of nitrogens with zero attached hydrogens (tertiary/aromatic N) is 1. The Morgan fingerprint density at radius 2 is 1.95 bits per heavy atom. The minimum atomic E-state index is 0.155. The Morgan fingerprint density at radius 1 is 1.32 bits per heavy atom. The molecule has 2 atom stereocenters. The van der Waals surface area contributed by atoms with Crippen molar-refractivity contribution in [3.05, 3.63) is 0 Å². The molecule has 2 unspecified atom stereocenters. The summed E-state index contributed by atoms with van der Waals surface area (Å²) in [5.41, 5.74) is 5.65. The van der Waals surface area contributed by atoms with E-state index in [1.807, 2.05) is 0 Å². The second-order valence-electron chi connectivity index (χ2n) is 6.07. The largest absolute Gasteiger partial charge is 0.355 e. The van der Waals surface area contributed by atoms with Gasteiger partial charge in [0.05, 0.1) is 0 Å². The molecular formula is C15H31N3O. The fraction of sp³-hybridized carbons (Fsp3) is 0.933. The number of hydrogen-bond acceptors (Lipinski definition) is 3. The zero-order chi connectivity index (χ0) is 14.3. The van der Waals surface area contributed by atoms with Crippen LogP contribution in [0.25, 0.3) is 0 Å². The monoisotopic (exact) mass is 269 g/mol. The van der Waals surface area contributed by atoms with Gasteiger partial charge in [0.2, 0.25) is 5.91 Å². The summed E-state index contributed by atoms with van der Waals surface area (Å²) >= 11 is 0. The number of amides is 1. The Kier molecular flexibility index (Phi) is 7.39. The van der Waals surface area contributed by atoms with Crippen molar-refractivity contribution in [1.82, 2.24) is 10.2 Å². The Morgan fingerprint density at radius 3 is 2.42 bits per heavy atom. The molecule has 0 aromatic rings. The van der Waals surface area contributed by atoms with Crippen LogP contribution in [0.3, 0.4) is 0 Å². The van der Waals surface area contributed by atoms with E-state index in [1.165, 1.54) is 25.9 Å². The van der Waals surface area contributed by atoms with Crippen molar-refractivity contribution in [2.75, 3.05) is 26.2 Å². The van der Waals surface area contributed by atoms with Gasteiger partial charge in [0.15, 0.2) is 0 Å². The summed E-state index contributed by atoms with van der Waals surface area (Å²) < 4.78 is 0. The number of nitrogens with two attached hydrogens (primary N) is 1. The lowest BCUT2D eigenvalue weighted by Gasteiger charge is -2.31. The van der Waals surface area contributed by atoms with E-state index in [9.17, 15) is 4.79 Å². The molecule has 1 aliphatic rings. The van der Waals surface area contributed by atoms with Crippen LogP contribution in [0.1, 0.15) is 46.5 Å². The number of carbonyl (C=O) groups excluding carboxylic acids is 1. The molecule has 0 aromatic carbocycles. The molecule has 1 aliphatic heterocycles. The molecule has 1 rings (SSSR count). The first-order chi connectivity index (χ1) is 9.08. The summed E-state index contributed by atoms with van der Waals surface area (Å²) in [6.07, 6.45) is 4.13.